The van der Waals surface area contributed by atoms with Gasteiger partial charge in [-0.15, -0.1) is 0 Å². The van der Waals surface area contributed by atoms with Gasteiger partial charge in [0.25, 0.3) is 10.2 Å². The molecule has 21 heavy (non-hydrogen) atoms. The minimum absolute atomic E-state index is 0.281. The van der Waals surface area contributed by atoms with E-state index in [1.807, 2.05) is 0 Å². The number of hydrogen-bond acceptors (Lipinski definition) is 5. The van der Waals surface area contributed by atoms with Crippen LogP contribution in [-0.2, 0) is 19.7 Å². The van der Waals surface area contributed by atoms with Gasteiger partial charge in [-0.2, -0.15) is 17.0 Å². The van der Waals surface area contributed by atoms with Crippen LogP contribution in [0.1, 0.15) is 19.8 Å². The number of carbonyl (C=O) groups excluding carboxylic acids is 1. The summed E-state index contributed by atoms with van der Waals surface area (Å²) in [5, 5.41) is 3.30. The molecule has 3 heterocycles. The average molecular weight is 317 g/mol. The second-order valence-electron chi connectivity index (χ2n) is 6.02. The Bertz CT molecular complexity index is 498. The molecular weight excluding hydrogens is 294 g/mol. The first-order valence-corrected chi connectivity index (χ1v) is 9.08. The molecule has 3 aliphatic rings. The minimum atomic E-state index is -3.55. The second-order valence-corrected chi connectivity index (χ2v) is 7.91. The summed E-state index contributed by atoms with van der Waals surface area (Å²) in [7, 11) is -3.55. The number of hydrogen-bond donors (Lipinski definition) is 1. The molecular formula is C13H23N3O4S. The zero-order valence-electron chi connectivity index (χ0n) is 12.3. The Hall–Kier alpha value is -0.700. The van der Waals surface area contributed by atoms with Gasteiger partial charge in [-0.05, 0) is 44.7 Å². The molecule has 3 fully saturated rings. The van der Waals surface area contributed by atoms with Crippen molar-refractivity contribution in [3.8, 4) is 0 Å². The van der Waals surface area contributed by atoms with Crippen molar-refractivity contribution in [1.82, 2.24) is 13.9 Å². The molecule has 0 spiro atoms. The van der Waals surface area contributed by atoms with Crippen molar-refractivity contribution in [1.29, 1.82) is 0 Å². The summed E-state index contributed by atoms with van der Waals surface area (Å²) in [6.45, 7) is 5.33. The van der Waals surface area contributed by atoms with Crippen molar-refractivity contribution in [3.05, 3.63) is 0 Å². The van der Waals surface area contributed by atoms with E-state index in [0.717, 1.165) is 13.1 Å². The van der Waals surface area contributed by atoms with Crippen molar-refractivity contribution in [3.63, 3.8) is 0 Å². The first-order chi connectivity index (χ1) is 10.0. The van der Waals surface area contributed by atoms with Gasteiger partial charge >= 0.3 is 5.97 Å². The molecule has 3 saturated heterocycles. The normalized spacial score (nSPS) is 34.2. The molecule has 0 aliphatic carbocycles. The second kappa shape index (κ2) is 5.83. The number of rotatable bonds is 4. The molecule has 3 aliphatic heterocycles. The minimum Gasteiger partial charge on any atom is -0.465 e. The highest BCUT2D eigenvalue weighted by molar-refractivity contribution is 7.86. The highest BCUT2D eigenvalue weighted by Crippen LogP contribution is 2.32. The smallest absolute Gasteiger partial charge is 0.324 e. The van der Waals surface area contributed by atoms with Gasteiger partial charge in [-0.1, -0.05) is 0 Å². The third-order valence-corrected chi connectivity index (χ3v) is 6.72. The van der Waals surface area contributed by atoms with E-state index in [1.54, 1.807) is 11.2 Å². The molecule has 0 bridgehead atoms. The van der Waals surface area contributed by atoms with E-state index in [0.29, 0.717) is 44.3 Å². The Balaban J connectivity index is 1.73. The summed E-state index contributed by atoms with van der Waals surface area (Å²) in [6, 6.07) is -0.645. The molecule has 0 radical (unpaired) electrons. The fourth-order valence-electron chi connectivity index (χ4n) is 3.64. The topological polar surface area (TPSA) is 79.0 Å². The van der Waals surface area contributed by atoms with Crippen LogP contribution in [0.4, 0.5) is 0 Å². The maximum atomic E-state index is 12.8. The molecule has 8 heteroatoms. The van der Waals surface area contributed by atoms with Crippen LogP contribution in [-0.4, -0.2) is 68.4 Å². The predicted molar refractivity (Wildman–Crippen MR) is 76.7 cm³/mol. The lowest BCUT2D eigenvalue weighted by Crippen LogP contribution is -2.48. The highest BCUT2D eigenvalue weighted by Gasteiger charge is 2.47. The van der Waals surface area contributed by atoms with Crippen molar-refractivity contribution >= 4 is 16.2 Å². The first kappa shape index (κ1) is 15.2. The lowest BCUT2D eigenvalue weighted by atomic mass is 10.0. The van der Waals surface area contributed by atoms with E-state index in [4.69, 9.17) is 4.74 Å². The fourth-order valence-corrected chi connectivity index (χ4v) is 5.57. The fraction of sp³-hybridized carbons (Fsp3) is 0.923. The SMILES string of the molecule is CCOC(=O)C1CCCN1S(=O)(=O)N1CC2CNCC2C1. The van der Waals surface area contributed by atoms with Gasteiger partial charge in [-0.25, -0.2) is 0 Å². The van der Waals surface area contributed by atoms with E-state index in [-0.39, 0.29) is 6.61 Å². The summed E-state index contributed by atoms with van der Waals surface area (Å²) in [5.41, 5.74) is 0. The first-order valence-electron chi connectivity index (χ1n) is 7.68. The van der Waals surface area contributed by atoms with Crippen LogP contribution in [0.3, 0.4) is 0 Å². The Morgan fingerprint density at radius 2 is 1.95 bits per heavy atom. The molecule has 0 aromatic carbocycles. The molecule has 3 rings (SSSR count). The monoisotopic (exact) mass is 317 g/mol. The van der Waals surface area contributed by atoms with Crippen LogP contribution in [0, 0.1) is 11.8 Å². The van der Waals surface area contributed by atoms with E-state index >= 15 is 0 Å². The van der Waals surface area contributed by atoms with E-state index in [9.17, 15) is 13.2 Å². The molecule has 3 atom stereocenters. The molecule has 0 aromatic rings. The third-order valence-electron chi connectivity index (χ3n) is 4.74. The van der Waals surface area contributed by atoms with E-state index < -0.39 is 22.2 Å². The number of ether oxygens (including phenoxy) is 1. The molecule has 0 aromatic heterocycles. The van der Waals surface area contributed by atoms with Gasteiger partial charge in [0.2, 0.25) is 0 Å². The number of carbonyl (C=O) groups is 1. The van der Waals surface area contributed by atoms with Crippen molar-refractivity contribution in [2.24, 2.45) is 11.8 Å². The maximum absolute atomic E-state index is 12.8. The standard InChI is InChI=1S/C13H23N3O4S/c1-2-20-13(17)12-4-3-5-16(12)21(18,19)15-8-10-6-14-7-11(10)9-15/h10-12,14H,2-9H2,1H3. The van der Waals surface area contributed by atoms with Gasteiger partial charge in [0, 0.05) is 19.6 Å². The zero-order valence-corrected chi connectivity index (χ0v) is 13.1. The van der Waals surface area contributed by atoms with Gasteiger partial charge in [-0.3, -0.25) is 4.79 Å². The van der Waals surface area contributed by atoms with Crippen LogP contribution >= 0.6 is 0 Å². The Morgan fingerprint density at radius 3 is 2.57 bits per heavy atom. The Morgan fingerprint density at radius 1 is 1.29 bits per heavy atom. The van der Waals surface area contributed by atoms with E-state index in [2.05, 4.69) is 5.32 Å². The molecule has 1 N–H and O–H groups in total. The van der Waals surface area contributed by atoms with Crippen LogP contribution in [0.5, 0.6) is 0 Å². The van der Waals surface area contributed by atoms with Crippen molar-refractivity contribution in [2.45, 2.75) is 25.8 Å². The Labute approximate surface area is 125 Å². The molecule has 0 amide bonds. The summed E-state index contributed by atoms with van der Waals surface area (Å²) < 4.78 is 33.5. The molecule has 7 nitrogen and oxygen atoms in total. The average Bonchev–Trinajstić information content (AvgIpc) is 3.14. The zero-order chi connectivity index (χ0) is 15.0. The van der Waals surface area contributed by atoms with Gasteiger partial charge in [0.15, 0.2) is 0 Å². The summed E-state index contributed by atoms with van der Waals surface area (Å²) in [6.07, 6.45) is 1.27. The lowest BCUT2D eigenvalue weighted by molar-refractivity contribution is -0.146. The van der Waals surface area contributed by atoms with Gasteiger partial charge in [0.1, 0.15) is 6.04 Å². The number of fused-ring (bicyclic) bond motifs is 1. The number of nitrogens with zero attached hydrogens (tertiary/aromatic N) is 2. The van der Waals surface area contributed by atoms with Crippen molar-refractivity contribution in [2.75, 3.05) is 39.3 Å². The third kappa shape index (κ3) is 2.69. The number of nitrogens with one attached hydrogen (secondary N) is 1. The van der Waals surface area contributed by atoms with Gasteiger partial charge in [0.05, 0.1) is 6.61 Å². The predicted octanol–water partition coefficient (Wildman–Crippen LogP) is -0.590. The highest BCUT2D eigenvalue weighted by atomic mass is 32.2. The Kier molecular flexibility index (Phi) is 4.22. The summed E-state index contributed by atoms with van der Waals surface area (Å²) in [5.74, 6) is 0.395. The lowest BCUT2D eigenvalue weighted by Gasteiger charge is -2.28. The molecule has 3 unspecified atom stereocenters. The van der Waals surface area contributed by atoms with Crippen molar-refractivity contribution < 1.29 is 17.9 Å². The van der Waals surface area contributed by atoms with Crippen LogP contribution in [0.25, 0.3) is 0 Å². The summed E-state index contributed by atoms with van der Waals surface area (Å²) in [4.78, 5) is 12.0. The van der Waals surface area contributed by atoms with Crippen LogP contribution in [0.2, 0.25) is 0 Å². The quantitative estimate of drug-likeness (QED) is 0.701. The summed E-state index contributed by atoms with van der Waals surface area (Å²) >= 11 is 0. The van der Waals surface area contributed by atoms with Crippen LogP contribution < -0.4 is 5.32 Å². The number of esters is 1. The van der Waals surface area contributed by atoms with Gasteiger partial charge < -0.3 is 10.1 Å². The molecule has 0 saturated carbocycles. The van der Waals surface area contributed by atoms with Crippen LogP contribution in [0.15, 0.2) is 0 Å². The maximum Gasteiger partial charge on any atom is 0.324 e. The van der Waals surface area contributed by atoms with E-state index in [1.165, 1.54) is 4.31 Å². The largest absolute Gasteiger partial charge is 0.465 e. The molecule has 120 valence electrons.